The van der Waals surface area contributed by atoms with Crippen molar-refractivity contribution < 1.29 is 24.2 Å². The third-order valence-electron chi connectivity index (χ3n) is 10.1. The van der Waals surface area contributed by atoms with E-state index in [9.17, 15) is 14.7 Å². The lowest BCUT2D eigenvalue weighted by molar-refractivity contribution is -0.120. The minimum absolute atomic E-state index is 0.0179. The first-order valence-corrected chi connectivity index (χ1v) is 17.6. The molecule has 0 bridgehead atoms. The molecule has 0 spiro atoms. The molecule has 1 heterocycles. The number of carbonyl (C=O) groups is 2. The van der Waals surface area contributed by atoms with Crippen LogP contribution in [0.25, 0.3) is 0 Å². The lowest BCUT2D eigenvalue weighted by Crippen LogP contribution is -2.47. The summed E-state index contributed by atoms with van der Waals surface area (Å²) in [5.74, 6) is 1.19. The zero-order valence-corrected chi connectivity index (χ0v) is 27.9. The smallest absolute Gasteiger partial charge is 0.258 e. The van der Waals surface area contributed by atoms with Gasteiger partial charge in [0, 0.05) is 43.8 Å². The molecule has 0 aromatic heterocycles. The predicted octanol–water partition coefficient (Wildman–Crippen LogP) is 6.51. The van der Waals surface area contributed by atoms with E-state index in [0.717, 1.165) is 64.0 Å². The summed E-state index contributed by atoms with van der Waals surface area (Å²) in [6.07, 6.45) is 14.5. The van der Waals surface area contributed by atoms with E-state index in [-0.39, 0.29) is 48.5 Å². The second kappa shape index (κ2) is 17.5. The van der Waals surface area contributed by atoms with Crippen LogP contribution in [0.1, 0.15) is 115 Å². The molecule has 248 valence electrons. The zero-order valence-electron chi connectivity index (χ0n) is 27.9. The highest BCUT2D eigenvalue weighted by atomic mass is 16.5. The van der Waals surface area contributed by atoms with Crippen molar-refractivity contribution in [1.82, 2.24) is 9.80 Å². The Balaban J connectivity index is 1.56. The van der Waals surface area contributed by atoms with E-state index in [1.54, 1.807) is 11.0 Å². The molecule has 2 N–H and O–H groups in total. The predicted molar refractivity (Wildman–Crippen MR) is 176 cm³/mol. The van der Waals surface area contributed by atoms with Crippen molar-refractivity contribution in [3.05, 3.63) is 23.8 Å². The molecule has 1 aromatic rings. The Kier molecular flexibility index (Phi) is 13.8. The van der Waals surface area contributed by atoms with Crippen LogP contribution < -0.4 is 10.1 Å². The van der Waals surface area contributed by atoms with Crippen LogP contribution in [0, 0.1) is 17.8 Å². The molecular formula is C36H59N3O5. The van der Waals surface area contributed by atoms with Crippen LogP contribution in [0.2, 0.25) is 0 Å². The average Bonchev–Trinajstić information content (AvgIpc) is 3.03. The zero-order chi connectivity index (χ0) is 31.5. The van der Waals surface area contributed by atoms with E-state index in [4.69, 9.17) is 9.47 Å². The molecule has 0 radical (unpaired) electrons. The molecule has 2 amide bonds. The number of anilines is 1. The maximum Gasteiger partial charge on any atom is 0.258 e. The molecule has 2 fully saturated rings. The molecule has 8 nitrogen and oxygen atoms in total. The molecule has 4 atom stereocenters. The van der Waals surface area contributed by atoms with Crippen molar-refractivity contribution in [2.24, 2.45) is 17.8 Å². The van der Waals surface area contributed by atoms with Crippen LogP contribution in [-0.2, 0) is 9.53 Å². The second-order valence-electron chi connectivity index (χ2n) is 14.1. The third-order valence-corrected chi connectivity index (χ3v) is 10.1. The van der Waals surface area contributed by atoms with Gasteiger partial charge in [-0.25, -0.2) is 0 Å². The summed E-state index contributed by atoms with van der Waals surface area (Å²) >= 11 is 0. The average molecular weight is 614 g/mol. The van der Waals surface area contributed by atoms with Crippen molar-refractivity contribution in [3.8, 4) is 5.75 Å². The summed E-state index contributed by atoms with van der Waals surface area (Å²) in [5.41, 5.74) is 1.04. The van der Waals surface area contributed by atoms with E-state index in [1.807, 2.05) is 26.0 Å². The molecule has 1 aliphatic heterocycles. The van der Waals surface area contributed by atoms with Gasteiger partial charge in [0.2, 0.25) is 5.91 Å². The van der Waals surface area contributed by atoms with Crippen molar-refractivity contribution >= 4 is 17.5 Å². The topological polar surface area (TPSA) is 91.3 Å². The Morgan fingerprint density at radius 3 is 2.39 bits per heavy atom. The fraction of sp³-hybridized carbons (Fsp3) is 0.778. The van der Waals surface area contributed by atoms with Crippen LogP contribution in [-0.4, -0.2) is 84.9 Å². The van der Waals surface area contributed by atoms with Gasteiger partial charge in [0.15, 0.2) is 0 Å². The SMILES string of the molecule is C[C@@H]1CCCCO[C@@H](CN(C)CC2CCCCC2)[C@H](C)CN([C@H](C)CO)C(=O)c2cc(NC(=O)C3CCCCC3)ccc2O1. The molecule has 1 aromatic carbocycles. The van der Waals surface area contributed by atoms with Gasteiger partial charge in [-0.3, -0.25) is 9.59 Å². The van der Waals surface area contributed by atoms with E-state index < -0.39 is 0 Å². The number of likely N-dealkylation sites (N-methyl/N-ethyl adjacent to an activating group) is 1. The molecule has 3 aliphatic rings. The van der Waals surface area contributed by atoms with Gasteiger partial charge in [-0.2, -0.15) is 0 Å². The van der Waals surface area contributed by atoms with Gasteiger partial charge in [0.1, 0.15) is 5.75 Å². The quantitative estimate of drug-likeness (QED) is 0.347. The van der Waals surface area contributed by atoms with Gasteiger partial charge in [-0.1, -0.05) is 45.4 Å². The molecule has 2 aliphatic carbocycles. The van der Waals surface area contributed by atoms with E-state index in [2.05, 4.69) is 24.2 Å². The molecule has 0 unspecified atom stereocenters. The standard InChI is InChI=1S/C36H59N3O5/c1-26-22-39(27(2)25-40)36(42)32-21-31(37-35(41)30-16-9-6-10-17-30)18-19-33(32)44-28(3)13-11-12-20-43-34(26)24-38(4)23-29-14-7-5-8-15-29/h18-19,21,26-30,34,40H,5-17,20,22-25H2,1-4H3,(H,37,41)/t26-,27-,28-,34+/m1/s1. The van der Waals surface area contributed by atoms with Crippen molar-refractivity contribution in [2.45, 2.75) is 122 Å². The van der Waals surface area contributed by atoms with Gasteiger partial charge >= 0.3 is 0 Å². The van der Waals surface area contributed by atoms with E-state index in [0.29, 0.717) is 30.2 Å². The summed E-state index contributed by atoms with van der Waals surface area (Å²) < 4.78 is 12.9. The van der Waals surface area contributed by atoms with Crippen LogP contribution >= 0.6 is 0 Å². The van der Waals surface area contributed by atoms with Crippen molar-refractivity contribution in [1.29, 1.82) is 0 Å². The van der Waals surface area contributed by atoms with E-state index >= 15 is 0 Å². The summed E-state index contributed by atoms with van der Waals surface area (Å²) in [7, 11) is 2.20. The highest BCUT2D eigenvalue weighted by molar-refractivity contribution is 6.00. The Morgan fingerprint density at radius 2 is 1.68 bits per heavy atom. The van der Waals surface area contributed by atoms with Crippen molar-refractivity contribution in [3.63, 3.8) is 0 Å². The molecule has 4 rings (SSSR count). The summed E-state index contributed by atoms with van der Waals surface area (Å²) in [6.45, 7) is 8.99. The first-order valence-electron chi connectivity index (χ1n) is 17.6. The highest BCUT2D eigenvalue weighted by Crippen LogP contribution is 2.30. The number of aliphatic hydroxyl groups excluding tert-OH is 1. The summed E-state index contributed by atoms with van der Waals surface area (Å²) in [5, 5.41) is 13.3. The number of hydrogen-bond donors (Lipinski definition) is 2. The maximum atomic E-state index is 14.4. The van der Waals surface area contributed by atoms with Gasteiger partial charge in [0.25, 0.3) is 5.91 Å². The number of carbonyl (C=O) groups excluding carboxylic acids is 2. The Hall–Kier alpha value is -2.16. The number of benzene rings is 1. The normalized spacial score (nSPS) is 26.0. The first-order chi connectivity index (χ1) is 21.2. The van der Waals surface area contributed by atoms with Gasteiger partial charge in [-0.15, -0.1) is 0 Å². The minimum atomic E-state index is -0.385. The molecule has 8 heteroatoms. The minimum Gasteiger partial charge on any atom is -0.490 e. The number of ether oxygens (including phenoxy) is 2. The monoisotopic (exact) mass is 613 g/mol. The highest BCUT2D eigenvalue weighted by Gasteiger charge is 2.31. The van der Waals surface area contributed by atoms with Crippen LogP contribution in [0.3, 0.4) is 0 Å². The number of nitrogens with one attached hydrogen (secondary N) is 1. The molecule has 0 saturated heterocycles. The van der Waals surface area contributed by atoms with Crippen molar-refractivity contribution in [2.75, 3.05) is 45.2 Å². The maximum absolute atomic E-state index is 14.4. The Labute approximate surface area is 266 Å². The summed E-state index contributed by atoms with van der Waals surface area (Å²) in [6, 6.07) is 5.05. The lowest BCUT2D eigenvalue weighted by atomic mass is 9.88. The van der Waals surface area contributed by atoms with Gasteiger partial charge < -0.3 is 29.7 Å². The summed E-state index contributed by atoms with van der Waals surface area (Å²) in [4.78, 5) is 31.6. The fourth-order valence-corrected chi connectivity index (χ4v) is 7.26. The molecule has 44 heavy (non-hydrogen) atoms. The number of hydrogen-bond acceptors (Lipinski definition) is 6. The van der Waals surface area contributed by atoms with Gasteiger partial charge in [0.05, 0.1) is 30.4 Å². The van der Waals surface area contributed by atoms with Crippen LogP contribution in [0.5, 0.6) is 5.75 Å². The number of fused-ring (bicyclic) bond motifs is 1. The number of rotatable bonds is 8. The van der Waals surface area contributed by atoms with Crippen LogP contribution in [0.4, 0.5) is 5.69 Å². The first kappa shape index (κ1) is 34.7. The Morgan fingerprint density at radius 1 is 1.00 bits per heavy atom. The molecule has 2 saturated carbocycles. The van der Waals surface area contributed by atoms with Crippen LogP contribution in [0.15, 0.2) is 18.2 Å². The molecular weight excluding hydrogens is 554 g/mol. The van der Waals surface area contributed by atoms with E-state index in [1.165, 1.54) is 38.5 Å². The number of nitrogens with zero attached hydrogens (tertiary/aromatic N) is 2. The number of amides is 2. The lowest BCUT2D eigenvalue weighted by Gasteiger charge is -2.36. The fourth-order valence-electron chi connectivity index (χ4n) is 7.26. The third kappa shape index (κ3) is 10.2. The Bertz CT molecular complexity index is 1040. The number of aliphatic hydroxyl groups is 1. The largest absolute Gasteiger partial charge is 0.490 e. The van der Waals surface area contributed by atoms with Gasteiger partial charge in [-0.05, 0) is 90.0 Å². The second-order valence-corrected chi connectivity index (χ2v) is 14.1.